The van der Waals surface area contributed by atoms with Gasteiger partial charge in [0.1, 0.15) is 23.0 Å². The van der Waals surface area contributed by atoms with E-state index < -0.39 is 0 Å². The van der Waals surface area contributed by atoms with Crippen molar-refractivity contribution in [2.45, 2.75) is 6.61 Å². The Bertz CT molecular complexity index is 2040. The SMILES string of the molecule is COCc1ccccc1-c1ccccc1-c1nnnn1-c1ccccc1F.Fc1ccccc1-n1nnnc1-c1ccccc1I. The smallest absolute Gasteiger partial charge is 0.188 e. The van der Waals surface area contributed by atoms with Crippen LogP contribution in [0.15, 0.2) is 121 Å². The number of hydrogen-bond donors (Lipinski definition) is 0. The third kappa shape index (κ3) is 6.43. The first-order valence-electron chi connectivity index (χ1n) is 14.0. The first kappa shape index (κ1) is 30.8. The predicted molar refractivity (Wildman–Crippen MR) is 178 cm³/mol. The molecule has 0 bridgehead atoms. The van der Waals surface area contributed by atoms with Gasteiger partial charge in [0, 0.05) is 21.8 Å². The van der Waals surface area contributed by atoms with E-state index in [1.165, 1.54) is 21.5 Å². The predicted octanol–water partition coefficient (Wildman–Crippen LogP) is 7.35. The van der Waals surface area contributed by atoms with Gasteiger partial charge in [-0.15, -0.1) is 10.2 Å². The Morgan fingerprint density at radius 1 is 0.565 bits per heavy atom. The third-order valence-electron chi connectivity index (χ3n) is 6.99. The van der Waals surface area contributed by atoms with Gasteiger partial charge in [0.25, 0.3) is 0 Å². The first-order chi connectivity index (χ1) is 22.6. The molecule has 12 heteroatoms. The number of aromatic nitrogens is 8. The minimum absolute atomic E-state index is 0.303. The lowest BCUT2D eigenvalue weighted by Crippen LogP contribution is -2.03. The Kier molecular flexibility index (Phi) is 9.55. The molecule has 0 saturated carbocycles. The third-order valence-corrected chi connectivity index (χ3v) is 7.93. The minimum atomic E-state index is -0.386. The van der Waals surface area contributed by atoms with Gasteiger partial charge in [0.15, 0.2) is 11.6 Å². The molecule has 46 heavy (non-hydrogen) atoms. The van der Waals surface area contributed by atoms with Gasteiger partial charge in [-0.3, -0.25) is 0 Å². The number of halogens is 3. The van der Waals surface area contributed by atoms with Crippen LogP contribution in [0.1, 0.15) is 5.56 Å². The van der Waals surface area contributed by atoms with Crippen LogP contribution in [0.25, 0.3) is 45.3 Å². The summed E-state index contributed by atoms with van der Waals surface area (Å²) in [7, 11) is 1.67. The fourth-order valence-corrected chi connectivity index (χ4v) is 5.53. The quantitative estimate of drug-likeness (QED) is 0.159. The average Bonchev–Trinajstić information content (AvgIpc) is 3.77. The van der Waals surface area contributed by atoms with Gasteiger partial charge in [0.2, 0.25) is 0 Å². The van der Waals surface area contributed by atoms with Crippen LogP contribution in [-0.4, -0.2) is 47.5 Å². The molecule has 0 saturated heterocycles. The van der Waals surface area contributed by atoms with Gasteiger partial charge < -0.3 is 4.74 Å². The van der Waals surface area contributed by atoms with E-state index in [2.05, 4.69) is 53.6 Å². The monoisotopic (exact) mass is 726 g/mol. The summed E-state index contributed by atoms with van der Waals surface area (Å²) in [6.45, 7) is 0.489. The van der Waals surface area contributed by atoms with Crippen LogP contribution in [0.2, 0.25) is 0 Å². The van der Waals surface area contributed by atoms with Crippen molar-refractivity contribution < 1.29 is 13.5 Å². The fourth-order valence-electron chi connectivity index (χ4n) is 4.90. The zero-order valence-electron chi connectivity index (χ0n) is 24.4. The number of para-hydroxylation sites is 2. The maximum Gasteiger partial charge on any atom is 0.188 e. The average molecular weight is 727 g/mol. The first-order valence-corrected chi connectivity index (χ1v) is 15.1. The Labute approximate surface area is 276 Å². The second-order valence-electron chi connectivity index (χ2n) is 9.85. The lowest BCUT2D eigenvalue weighted by molar-refractivity contribution is 0.185. The molecule has 0 fully saturated rings. The zero-order valence-corrected chi connectivity index (χ0v) is 26.5. The maximum atomic E-state index is 14.3. The lowest BCUT2D eigenvalue weighted by atomic mass is 9.95. The number of tetrazole rings is 2. The number of nitrogens with zero attached hydrogens (tertiary/aromatic N) is 8. The summed E-state index contributed by atoms with van der Waals surface area (Å²) in [5.74, 6) is 0.253. The molecule has 0 aliphatic carbocycles. The van der Waals surface area contributed by atoms with E-state index >= 15 is 0 Å². The van der Waals surface area contributed by atoms with Gasteiger partial charge in [-0.1, -0.05) is 91.0 Å². The second-order valence-corrected chi connectivity index (χ2v) is 11.0. The van der Waals surface area contributed by atoms with E-state index in [1.54, 1.807) is 43.5 Å². The Hall–Kier alpha value is -5.21. The molecule has 2 aromatic heterocycles. The summed E-state index contributed by atoms with van der Waals surface area (Å²) in [6, 6.07) is 36.4. The number of hydrogen-bond acceptors (Lipinski definition) is 7. The molecular formula is C34H25F2IN8O. The van der Waals surface area contributed by atoms with Crippen molar-refractivity contribution in [1.29, 1.82) is 0 Å². The van der Waals surface area contributed by atoms with Crippen molar-refractivity contribution in [3.63, 3.8) is 0 Å². The molecule has 0 aliphatic rings. The molecule has 0 amide bonds. The van der Waals surface area contributed by atoms with E-state index in [4.69, 9.17) is 4.74 Å². The highest BCUT2D eigenvalue weighted by atomic mass is 127. The van der Waals surface area contributed by atoms with Crippen LogP contribution in [0.5, 0.6) is 0 Å². The molecule has 7 aromatic rings. The molecule has 2 heterocycles. The van der Waals surface area contributed by atoms with Crippen molar-refractivity contribution in [2.75, 3.05) is 7.11 Å². The van der Waals surface area contributed by atoms with E-state index in [1.807, 2.05) is 72.8 Å². The molecule has 0 unspecified atom stereocenters. The van der Waals surface area contributed by atoms with E-state index in [0.717, 1.165) is 31.4 Å². The van der Waals surface area contributed by atoms with Crippen LogP contribution >= 0.6 is 22.6 Å². The van der Waals surface area contributed by atoms with Crippen LogP contribution in [0, 0.1) is 15.2 Å². The molecule has 228 valence electrons. The lowest BCUT2D eigenvalue weighted by Gasteiger charge is -2.13. The van der Waals surface area contributed by atoms with Crippen LogP contribution in [-0.2, 0) is 11.3 Å². The standard InChI is InChI=1S/C21H17FN4O.C13H8FIN4/c1-27-14-15-8-2-3-9-16(15)17-10-4-5-11-18(17)21-23-24-25-26(21)20-13-7-6-12-19(20)22;14-10-6-2-4-8-12(10)19-13(16-17-18-19)9-5-1-3-7-11(9)15/h2-13H,14H2,1H3;1-8H. The highest BCUT2D eigenvalue weighted by Crippen LogP contribution is 2.34. The van der Waals surface area contributed by atoms with Crippen molar-refractivity contribution in [1.82, 2.24) is 40.4 Å². The summed E-state index contributed by atoms with van der Waals surface area (Å²) >= 11 is 2.20. The zero-order chi connectivity index (χ0) is 31.9. The summed E-state index contributed by atoms with van der Waals surface area (Å²) in [6.07, 6.45) is 0. The van der Waals surface area contributed by atoms with E-state index in [-0.39, 0.29) is 11.6 Å². The van der Waals surface area contributed by atoms with Crippen LogP contribution < -0.4 is 0 Å². The van der Waals surface area contributed by atoms with Gasteiger partial charge >= 0.3 is 0 Å². The molecule has 0 radical (unpaired) electrons. The van der Waals surface area contributed by atoms with Crippen molar-refractivity contribution in [3.05, 3.63) is 142 Å². The van der Waals surface area contributed by atoms with Crippen LogP contribution in [0.4, 0.5) is 8.78 Å². The molecule has 0 spiro atoms. The second kappa shape index (κ2) is 14.3. The molecule has 0 N–H and O–H groups in total. The van der Waals surface area contributed by atoms with E-state index in [9.17, 15) is 8.78 Å². The Morgan fingerprint density at radius 3 is 1.59 bits per heavy atom. The molecular weight excluding hydrogens is 701 g/mol. The summed E-state index contributed by atoms with van der Waals surface area (Å²) in [5.41, 5.74) is 5.36. The number of rotatable bonds is 7. The number of methoxy groups -OCH3 is 1. The molecule has 5 aromatic carbocycles. The largest absolute Gasteiger partial charge is 0.380 e. The highest BCUT2D eigenvalue weighted by Gasteiger charge is 2.19. The van der Waals surface area contributed by atoms with Gasteiger partial charge in [0.05, 0.1) is 6.61 Å². The number of ether oxygens (including phenoxy) is 1. The van der Waals surface area contributed by atoms with Gasteiger partial charge in [-0.05, 0) is 90.5 Å². The van der Waals surface area contributed by atoms with Crippen molar-refractivity contribution in [3.8, 4) is 45.3 Å². The minimum Gasteiger partial charge on any atom is -0.380 e. The Balaban J connectivity index is 0.000000172. The summed E-state index contributed by atoms with van der Waals surface area (Å²) in [4.78, 5) is 0. The summed E-state index contributed by atoms with van der Waals surface area (Å²) in [5, 5.41) is 23.5. The Morgan fingerprint density at radius 2 is 1.02 bits per heavy atom. The van der Waals surface area contributed by atoms with Crippen molar-refractivity contribution in [2.24, 2.45) is 0 Å². The fraction of sp³-hybridized carbons (Fsp3) is 0.0588. The van der Waals surface area contributed by atoms with Gasteiger partial charge in [-0.25, -0.2) is 8.78 Å². The summed E-state index contributed by atoms with van der Waals surface area (Å²) < 4.78 is 37.3. The molecule has 0 atom stereocenters. The number of benzene rings is 5. The van der Waals surface area contributed by atoms with Crippen LogP contribution in [0.3, 0.4) is 0 Å². The maximum absolute atomic E-state index is 14.3. The molecule has 9 nitrogen and oxygen atoms in total. The van der Waals surface area contributed by atoms with E-state index in [0.29, 0.717) is 29.6 Å². The topological polar surface area (TPSA) is 96.4 Å². The molecule has 7 rings (SSSR count). The molecule has 0 aliphatic heterocycles. The highest BCUT2D eigenvalue weighted by molar-refractivity contribution is 14.1. The van der Waals surface area contributed by atoms with Gasteiger partial charge in [-0.2, -0.15) is 9.36 Å². The normalized spacial score (nSPS) is 10.8. The van der Waals surface area contributed by atoms with Crippen molar-refractivity contribution >= 4 is 22.6 Å².